The molecule has 0 bridgehead atoms. The molecule has 1 saturated heterocycles. The summed E-state index contributed by atoms with van der Waals surface area (Å²) >= 11 is 1.92. The summed E-state index contributed by atoms with van der Waals surface area (Å²) in [6.07, 6.45) is 6.22. The van der Waals surface area contributed by atoms with Crippen molar-refractivity contribution in [2.45, 2.75) is 30.9 Å². The first kappa shape index (κ1) is 11.4. The lowest BCUT2D eigenvalue weighted by atomic mass is 10.1. The van der Waals surface area contributed by atoms with E-state index in [-0.39, 0.29) is 0 Å². The third-order valence-electron chi connectivity index (χ3n) is 1.93. The first-order valence-corrected chi connectivity index (χ1v) is 7.73. The molecule has 0 aromatic rings. The Labute approximate surface area is 88.2 Å². The van der Waals surface area contributed by atoms with Gasteiger partial charge in [0, 0.05) is 21.3 Å². The van der Waals surface area contributed by atoms with E-state index in [9.17, 15) is 8.42 Å². The van der Waals surface area contributed by atoms with Crippen LogP contribution in [0.5, 0.6) is 0 Å². The monoisotopic (exact) mass is 240 g/mol. The summed E-state index contributed by atoms with van der Waals surface area (Å²) in [5.41, 5.74) is 0. The molecule has 0 amide bonds. The number of allylic oxidation sites excluding steroid dienone is 1. The average molecular weight is 241 g/mol. The van der Waals surface area contributed by atoms with E-state index in [1.807, 2.05) is 11.8 Å². The number of hydrogen-bond donors (Lipinski definition) is 0. The average Bonchev–Trinajstić information content (AvgIpc) is 2.04. The van der Waals surface area contributed by atoms with Crippen LogP contribution in [0.1, 0.15) is 25.7 Å². The topological polar surface area (TPSA) is 34.1 Å². The standard InChI is InChI=1S/C8H13ClO2S2/c9-13(10,11)7-3-5-8-4-1-2-6-12-8/h3,7-8H,1-2,4-6H2/b7-3-. The van der Waals surface area contributed by atoms with Gasteiger partial charge in [0.05, 0.1) is 0 Å². The molecule has 0 radical (unpaired) electrons. The zero-order chi connectivity index (χ0) is 9.73. The van der Waals surface area contributed by atoms with Crippen molar-refractivity contribution in [3.8, 4) is 0 Å². The van der Waals surface area contributed by atoms with Crippen LogP contribution in [0.25, 0.3) is 0 Å². The van der Waals surface area contributed by atoms with Gasteiger partial charge in [0.2, 0.25) is 0 Å². The fourth-order valence-corrected chi connectivity index (χ4v) is 3.16. The van der Waals surface area contributed by atoms with Crippen molar-refractivity contribution < 1.29 is 8.42 Å². The second-order valence-electron chi connectivity index (χ2n) is 3.07. The molecule has 1 heterocycles. The van der Waals surface area contributed by atoms with Gasteiger partial charge in [-0.05, 0) is 25.0 Å². The van der Waals surface area contributed by atoms with E-state index >= 15 is 0 Å². The molecular formula is C8H13ClO2S2. The molecule has 0 N–H and O–H groups in total. The SMILES string of the molecule is O=S(=O)(Cl)/C=C\CC1CCCCS1. The third kappa shape index (κ3) is 5.60. The Bertz CT molecular complexity index is 266. The van der Waals surface area contributed by atoms with Crippen LogP contribution < -0.4 is 0 Å². The molecule has 13 heavy (non-hydrogen) atoms. The van der Waals surface area contributed by atoms with E-state index in [1.54, 1.807) is 6.08 Å². The van der Waals surface area contributed by atoms with Crippen molar-refractivity contribution >= 4 is 31.5 Å². The molecule has 2 nitrogen and oxygen atoms in total. The summed E-state index contributed by atoms with van der Waals surface area (Å²) in [6, 6.07) is 0. The van der Waals surface area contributed by atoms with Gasteiger partial charge in [-0.1, -0.05) is 12.5 Å². The largest absolute Gasteiger partial charge is 0.254 e. The maximum atomic E-state index is 10.5. The molecule has 1 aliphatic heterocycles. The zero-order valence-corrected chi connectivity index (χ0v) is 9.67. The van der Waals surface area contributed by atoms with E-state index in [2.05, 4.69) is 0 Å². The maximum Gasteiger partial charge on any atom is 0.254 e. The van der Waals surface area contributed by atoms with Gasteiger partial charge in [-0.15, -0.1) is 0 Å². The van der Waals surface area contributed by atoms with E-state index < -0.39 is 9.05 Å². The van der Waals surface area contributed by atoms with Gasteiger partial charge in [-0.2, -0.15) is 11.8 Å². The number of hydrogen-bond acceptors (Lipinski definition) is 3. The minimum atomic E-state index is -3.44. The number of rotatable bonds is 3. The zero-order valence-electron chi connectivity index (χ0n) is 7.28. The summed E-state index contributed by atoms with van der Waals surface area (Å²) in [5.74, 6) is 1.20. The Morgan fingerprint density at radius 3 is 2.77 bits per heavy atom. The lowest BCUT2D eigenvalue weighted by Gasteiger charge is -2.19. The summed E-state index contributed by atoms with van der Waals surface area (Å²) < 4.78 is 21.1. The van der Waals surface area contributed by atoms with Gasteiger partial charge < -0.3 is 0 Å². The first-order valence-electron chi connectivity index (χ1n) is 4.31. The molecular weight excluding hydrogens is 228 g/mol. The van der Waals surface area contributed by atoms with E-state index in [0.717, 1.165) is 11.8 Å². The molecule has 0 saturated carbocycles. The van der Waals surface area contributed by atoms with Gasteiger partial charge in [-0.25, -0.2) is 8.42 Å². The van der Waals surface area contributed by atoms with Gasteiger partial charge in [0.1, 0.15) is 0 Å². The van der Waals surface area contributed by atoms with Crippen molar-refractivity contribution in [2.75, 3.05) is 5.75 Å². The van der Waals surface area contributed by atoms with Crippen molar-refractivity contribution in [1.29, 1.82) is 0 Å². The van der Waals surface area contributed by atoms with E-state index in [0.29, 0.717) is 5.25 Å². The quantitative estimate of drug-likeness (QED) is 0.712. The van der Waals surface area contributed by atoms with E-state index in [1.165, 1.54) is 25.0 Å². The van der Waals surface area contributed by atoms with Gasteiger partial charge >= 0.3 is 0 Å². The molecule has 1 rings (SSSR count). The Kier molecular flexibility index (Phi) is 4.62. The fourth-order valence-electron chi connectivity index (χ4n) is 1.32. The minimum absolute atomic E-state index is 0.586. The molecule has 1 aliphatic rings. The molecule has 0 aromatic carbocycles. The fraction of sp³-hybridized carbons (Fsp3) is 0.750. The summed E-state index contributed by atoms with van der Waals surface area (Å²) in [4.78, 5) is 0. The summed E-state index contributed by atoms with van der Waals surface area (Å²) in [6.45, 7) is 0. The lowest BCUT2D eigenvalue weighted by Crippen LogP contribution is -2.07. The Morgan fingerprint density at radius 1 is 1.46 bits per heavy atom. The second-order valence-corrected chi connectivity index (χ2v) is 6.99. The Morgan fingerprint density at radius 2 is 2.23 bits per heavy atom. The molecule has 0 aliphatic carbocycles. The molecule has 5 heteroatoms. The summed E-state index contributed by atoms with van der Waals surface area (Å²) in [5, 5.41) is 1.67. The van der Waals surface area contributed by atoms with Gasteiger partial charge in [0.25, 0.3) is 9.05 Å². The Hall–Kier alpha value is 0.330. The van der Waals surface area contributed by atoms with E-state index in [4.69, 9.17) is 10.7 Å². The third-order valence-corrected chi connectivity index (χ3v) is 4.18. The predicted molar refractivity (Wildman–Crippen MR) is 58.6 cm³/mol. The molecule has 0 aromatic heterocycles. The number of thioether (sulfide) groups is 1. The first-order chi connectivity index (χ1) is 6.08. The Balaban J connectivity index is 2.29. The van der Waals surface area contributed by atoms with Crippen molar-refractivity contribution in [1.82, 2.24) is 0 Å². The van der Waals surface area contributed by atoms with Crippen LogP contribution >= 0.6 is 22.4 Å². The normalized spacial score (nSPS) is 25.2. The molecule has 0 spiro atoms. The number of halogens is 1. The highest BCUT2D eigenvalue weighted by Crippen LogP contribution is 2.27. The van der Waals surface area contributed by atoms with Crippen LogP contribution in [0.4, 0.5) is 0 Å². The van der Waals surface area contributed by atoms with Crippen LogP contribution in [0.2, 0.25) is 0 Å². The van der Waals surface area contributed by atoms with Crippen LogP contribution in [0.3, 0.4) is 0 Å². The molecule has 1 fully saturated rings. The minimum Gasteiger partial charge on any atom is -0.208 e. The van der Waals surface area contributed by atoms with Crippen LogP contribution in [-0.4, -0.2) is 19.4 Å². The molecule has 1 atom stereocenters. The molecule has 1 unspecified atom stereocenters. The summed E-state index contributed by atoms with van der Waals surface area (Å²) in [7, 11) is 1.59. The van der Waals surface area contributed by atoms with Crippen LogP contribution in [0.15, 0.2) is 11.5 Å². The highest BCUT2D eigenvalue weighted by molar-refractivity contribution is 8.16. The predicted octanol–water partition coefficient (Wildman–Crippen LogP) is 2.74. The van der Waals surface area contributed by atoms with Crippen molar-refractivity contribution in [2.24, 2.45) is 0 Å². The van der Waals surface area contributed by atoms with Crippen molar-refractivity contribution in [3.63, 3.8) is 0 Å². The van der Waals surface area contributed by atoms with Gasteiger partial charge in [0.15, 0.2) is 0 Å². The second kappa shape index (κ2) is 5.27. The lowest BCUT2D eigenvalue weighted by molar-refractivity contribution is 0.617. The van der Waals surface area contributed by atoms with Crippen LogP contribution in [0, 0.1) is 0 Å². The highest BCUT2D eigenvalue weighted by Gasteiger charge is 2.12. The highest BCUT2D eigenvalue weighted by atomic mass is 35.7. The maximum absolute atomic E-state index is 10.5. The van der Waals surface area contributed by atoms with Crippen molar-refractivity contribution in [3.05, 3.63) is 11.5 Å². The van der Waals surface area contributed by atoms with Gasteiger partial charge in [-0.3, -0.25) is 0 Å². The van der Waals surface area contributed by atoms with Crippen LogP contribution in [-0.2, 0) is 9.05 Å². The smallest absolute Gasteiger partial charge is 0.208 e. The molecule has 76 valence electrons.